The van der Waals surface area contributed by atoms with E-state index in [0.29, 0.717) is 12.2 Å². The van der Waals surface area contributed by atoms with Crippen molar-refractivity contribution in [3.63, 3.8) is 0 Å². The van der Waals surface area contributed by atoms with E-state index < -0.39 is 0 Å². The maximum absolute atomic E-state index is 5.84. The van der Waals surface area contributed by atoms with E-state index in [9.17, 15) is 0 Å². The third kappa shape index (κ3) is 2.53. The zero-order valence-corrected chi connectivity index (χ0v) is 10.5. The number of ether oxygens (including phenoxy) is 2. The van der Waals surface area contributed by atoms with Gasteiger partial charge in [-0.15, -0.1) is 0 Å². The van der Waals surface area contributed by atoms with E-state index in [2.05, 4.69) is 4.98 Å². The molecule has 4 heteroatoms. The van der Waals surface area contributed by atoms with Gasteiger partial charge in [0.25, 0.3) is 0 Å². The van der Waals surface area contributed by atoms with Gasteiger partial charge in [-0.05, 0) is 23.3 Å². The van der Waals surface area contributed by atoms with Crippen molar-refractivity contribution in [2.75, 3.05) is 20.0 Å². The first-order chi connectivity index (χ1) is 8.74. The number of anilines is 1. The van der Waals surface area contributed by atoms with Crippen molar-refractivity contribution in [1.82, 2.24) is 4.98 Å². The minimum atomic E-state index is 0.551. The van der Waals surface area contributed by atoms with E-state index in [-0.39, 0.29) is 0 Å². The highest BCUT2D eigenvalue weighted by Crippen LogP contribution is 2.27. The summed E-state index contributed by atoms with van der Waals surface area (Å²) in [6, 6.07) is 9.59. The van der Waals surface area contributed by atoms with Crippen LogP contribution in [0.15, 0.2) is 36.5 Å². The molecule has 0 unspecified atom stereocenters. The third-order valence-corrected chi connectivity index (χ3v) is 2.80. The van der Waals surface area contributed by atoms with Crippen LogP contribution in [-0.4, -0.2) is 19.2 Å². The van der Waals surface area contributed by atoms with Gasteiger partial charge in [0.1, 0.15) is 17.3 Å². The fourth-order valence-corrected chi connectivity index (χ4v) is 1.80. The van der Waals surface area contributed by atoms with Crippen LogP contribution in [0.25, 0.3) is 0 Å². The molecule has 2 rings (SSSR count). The second kappa shape index (κ2) is 5.40. The monoisotopic (exact) mass is 244 g/mol. The molecular weight excluding hydrogens is 228 g/mol. The number of nitrogen functional groups attached to an aromatic ring is 1. The van der Waals surface area contributed by atoms with Gasteiger partial charge in [0.15, 0.2) is 0 Å². The number of nitrogens with zero attached hydrogens (tertiary/aromatic N) is 1. The first-order valence-electron chi connectivity index (χ1n) is 5.65. The molecular formula is C14H16N2O2. The van der Waals surface area contributed by atoms with Crippen LogP contribution in [0.5, 0.6) is 11.5 Å². The number of aromatic nitrogens is 1. The van der Waals surface area contributed by atoms with Gasteiger partial charge in [-0.2, -0.15) is 0 Å². The van der Waals surface area contributed by atoms with Gasteiger partial charge in [-0.25, -0.2) is 4.98 Å². The van der Waals surface area contributed by atoms with Gasteiger partial charge in [0, 0.05) is 18.7 Å². The first kappa shape index (κ1) is 12.2. The number of methoxy groups -OCH3 is 2. The highest BCUT2D eigenvalue weighted by Gasteiger charge is 2.08. The second-order valence-electron chi connectivity index (χ2n) is 3.90. The Kier molecular flexibility index (Phi) is 3.67. The predicted molar refractivity (Wildman–Crippen MR) is 71.0 cm³/mol. The summed E-state index contributed by atoms with van der Waals surface area (Å²) in [4.78, 5) is 4.08. The van der Waals surface area contributed by atoms with E-state index in [1.807, 2.05) is 30.3 Å². The Morgan fingerprint density at radius 3 is 2.61 bits per heavy atom. The van der Waals surface area contributed by atoms with Crippen molar-refractivity contribution in [2.24, 2.45) is 0 Å². The standard InChI is InChI=1S/C14H16N2O2/c1-17-12-6-5-10(13(9-12)18-2)8-11-4-3-7-16-14(11)15/h3-7,9H,8H2,1-2H3,(H2,15,16). The molecule has 0 amide bonds. The lowest BCUT2D eigenvalue weighted by Gasteiger charge is -2.11. The topological polar surface area (TPSA) is 57.4 Å². The Hall–Kier alpha value is -2.23. The lowest BCUT2D eigenvalue weighted by molar-refractivity contribution is 0.391. The van der Waals surface area contributed by atoms with Crippen LogP contribution in [0.1, 0.15) is 11.1 Å². The second-order valence-corrected chi connectivity index (χ2v) is 3.90. The van der Waals surface area contributed by atoms with Crippen molar-refractivity contribution in [1.29, 1.82) is 0 Å². The van der Waals surface area contributed by atoms with E-state index >= 15 is 0 Å². The molecule has 94 valence electrons. The molecule has 0 fully saturated rings. The van der Waals surface area contributed by atoms with Crippen LogP contribution < -0.4 is 15.2 Å². The lowest BCUT2D eigenvalue weighted by atomic mass is 10.0. The van der Waals surface area contributed by atoms with Crippen molar-refractivity contribution in [3.05, 3.63) is 47.7 Å². The molecule has 1 aromatic heterocycles. The summed E-state index contributed by atoms with van der Waals surface area (Å²) in [5, 5.41) is 0. The molecule has 0 aliphatic rings. The molecule has 2 aromatic rings. The number of benzene rings is 1. The van der Waals surface area contributed by atoms with E-state index in [1.165, 1.54) is 0 Å². The summed E-state index contributed by atoms with van der Waals surface area (Å²) in [6.07, 6.45) is 2.37. The van der Waals surface area contributed by atoms with Crippen LogP contribution in [-0.2, 0) is 6.42 Å². The van der Waals surface area contributed by atoms with Crippen LogP contribution in [0.2, 0.25) is 0 Å². The highest BCUT2D eigenvalue weighted by atomic mass is 16.5. The largest absolute Gasteiger partial charge is 0.497 e. The van der Waals surface area contributed by atoms with Crippen LogP contribution in [0.3, 0.4) is 0 Å². The van der Waals surface area contributed by atoms with Crippen LogP contribution in [0, 0.1) is 0 Å². The molecule has 0 saturated heterocycles. The van der Waals surface area contributed by atoms with Gasteiger partial charge in [-0.3, -0.25) is 0 Å². The predicted octanol–water partition coefficient (Wildman–Crippen LogP) is 2.27. The van der Waals surface area contributed by atoms with Crippen molar-refractivity contribution in [2.45, 2.75) is 6.42 Å². The quantitative estimate of drug-likeness (QED) is 0.896. The molecule has 0 aliphatic heterocycles. The molecule has 0 aliphatic carbocycles. The number of hydrogen-bond acceptors (Lipinski definition) is 4. The van der Waals surface area contributed by atoms with Crippen molar-refractivity contribution >= 4 is 5.82 Å². The Morgan fingerprint density at radius 2 is 1.94 bits per heavy atom. The molecule has 1 heterocycles. The molecule has 0 atom stereocenters. The Bertz CT molecular complexity index is 541. The summed E-state index contributed by atoms with van der Waals surface area (Å²) in [6.45, 7) is 0. The van der Waals surface area contributed by atoms with Gasteiger partial charge < -0.3 is 15.2 Å². The first-order valence-corrected chi connectivity index (χ1v) is 5.65. The molecule has 18 heavy (non-hydrogen) atoms. The van der Waals surface area contributed by atoms with Crippen molar-refractivity contribution in [3.8, 4) is 11.5 Å². The molecule has 0 bridgehead atoms. The van der Waals surface area contributed by atoms with Crippen LogP contribution in [0.4, 0.5) is 5.82 Å². The summed E-state index contributed by atoms with van der Waals surface area (Å²) in [5.74, 6) is 2.11. The molecule has 4 nitrogen and oxygen atoms in total. The minimum Gasteiger partial charge on any atom is -0.497 e. The normalized spacial score (nSPS) is 10.1. The Balaban J connectivity index is 2.32. The molecule has 1 aromatic carbocycles. The van der Waals surface area contributed by atoms with E-state index in [1.54, 1.807) is 20.4 Å². The average Bonchev–Trinajstić information content (AvgIpc) is 2.41. The fourth-order valence-electron chi connectivity index (χ4n) is 1.80. The molecule has 0 saturated carbocycles. The zero-order valence-electron chi connectivity index (χ0n) is 10.5. The molecule has 0 spiro atoms. The highest BCUT2D eigenvalue weighted by molar-refractivity contribution is 5.47. The molecule has 0 radical (unpaired) electrons. The third-order valence-electron chi connectivity index (χ3n) is 2.80. The van der Waals surface area contributed by atoms with Crippen molar-refractivity contribution < 1.29 is 9.47 Å². The molecule has 2 N–H and O–H groups in total. The lowest BCUT2D eigenvalue weighted by Crippen LogP contribution is -2.00. The zero-order chi connectivity index (χ0) is 13.0. The summed E-state index contributed by atoms with van der Waals surface area (Å²) in [5.41, 5.74) is 7.88. The summed E-state index contributed by atoms with van der Waals surface area (Å²) in [7, 11) is 3.28. The van der Waals surface area contributed by atoms with E-state index in [0.717, 1.165) is 22.6 Å². The van der Waals surface area contributed by atoms with Gasteiger partial charge >= 0.3 is 0 Å². The van der Waals surface area contributed by atoms with Gasteiger partial charge in [-0.1, -0.05) is 12.1 Å². The average molecular weight is 244 g/mol. The summed E-state index contributed by atoms with van der Waals surface area (Å²) >= 11 is 0. The van der Waals surface area contributed by atoms with Gasteiger partial charge in [0.2, 0.25) is 0 Å². The van der Waals surface area contributed by atoms with Gasteiger partial charge in [0.05, 0.1) is 14.2 Å². The smallest absolute Gasteiger partial charge is 0.126 e. The minimum absolute atomic E-state index is 0.551. The summed E-state index contributed by atoms with van der Waals surface area (Å²) < 4.78 is 10.5. The number of pyridine rings is 1. The maximum Gasteiger partial charge on any atom is 0.126 e. The number of nitrogens with two attached hydrogens (primary N) is 1. The van der Waals surface area contributed by atoms with Crippen LogP contribution >= 0.6 is 0 Å². The fraction of sp³-hybridized carbons (Fsp3) is 0.214. The maximum atomic E-state index is 5.84. The SMILES string of the molecule is COc1ccc(Cc2cccnc2N)c(OC)c1. The Morgan fingerprint density at radius 1 is 1.11 bits per heavy atom. The Labute approximate surface area is 106 Å². The number of hydrogen-bond donors (Lipinski definition) is 1. The number of rotatable bonds is 4. The van der Waals surface area contributed by atoms with E-state index in [4.69, 9.17) is 15.2 Å².